The lowest BCUT2D eigenvalue weighted by Gasteiger charge is -2.28. The number of carbonyl (C=O) groups is 3. The molecule has 41 heavy (non-hydrogen) atoms. The van der Waals surface area contributed by atoms with Crippen LogP contribution >= 0.6 is 0 Å². The molecular formula is C30H30N6O5. The second kappa shape index (κ2) is 13.0. The van der Waals surface area contributed by atoms with Crippen LogP contribution in [-0.2, 0) is 25.6 Å². The molecule has 0 radical (unpaired) electrons. The third kappa shape index (κ3) is 6.65. The average molecular weight is 555 g/mol. The summed E-state index contributed by atoms with van der Waals surface area (Å²) in [6, 6.07) is 21.2. The number of benzene rings is 2. The summed E-state index contributed by atoms with van der Waals surface area (Å²) in [6.07, 6.45) is 3.40. The van der Waals surface area contributed by atoms with Crippen molar-refractivity contribution in [3.05, 3.63) is 96.3 Å². The van der Waals surface area contributed by atoms with E-state index in [-0.39, 0.29) is 17.8 Å². The zero-order valence-electron chi connectivity index (χ0n) is 22.5. The summed E-state index contributed by atoms with van der Waals surface area (Å²) in [4.78, 5) is 49.9. The molecule has 0 bridgehead atoms. The summed E-state index contributed by atoms with van der Waals surface area (Å²) in [6.45, 7) is 3.14. The monoisotopic (exact) mass is 554 g/mol. The zero-order valence-corrected chi connectivity index (χ0v) is 22.5. The van der Waals surface area contributed by atoms with Crippen molar-refractivity contribution in [2.24, 2.45) is 0 Å². The number of ether oxygens (including phenoxy) is 1. The Hall–Kier alpha value is -4.87. The van der Waals surface area contributed by atoms with Crippen LogP contribution in [0.15, 0.2) is 85.2 Å². The minimum absolute atomic E-state index is 0.116. The first kappa shape index (κ1) is 27.7. The van der Waals surface area contributed by atoms with Crippen molar-refractivity contribution < 1.29 is 24.0 Å². The van der Waals surface area contributed by atoms with Crippen LogP contribution in [-0.4, -0.2) is 71.8 Å². The van der Waals surface area contributed by atoms with Gasteiger partial charge in [0, 0.05) is 43.2 Å². The lowest BCUT2D eigenvalue weighted by atomic mass is 10.0. The molecule has 0 spiro atoms. The van der Waals surface area contributed by atoms with Gasteiger partial charge in [-0.1, -0.05) is 42.5 Å². The first-order valence-corrected chi connectivity index (χ1v) is 13.2. The second-order valence-corrected chi connectivity index (χ2v) is 9.38. The molecule has 1 atom stereocenters. The molecule has 2 N–H and O–H groups in total. The van der Waals surface area contributed by atoms with Crippen LogP contribution in [0.25, 0.3) is 17.1 Å². The molecule has 0 saturated carbocycles. The maximum atomic E-state index is 13.5. The van der Waals surface area contributed by atoms with Gasteiger partial charge in [-0.05, 0) is 35.9 Å². The number of hydrogen-bond acceptors (Lipinski definition) is 8. The number of nitrogens with zero attached hydrogens (tertiary/aromatic N) is 4. The number of hydrogen-bond donors (Lipinski definition) is 2. The van der Waals surface area contributed by atoms with E-state index in [9.17, 15) is 14.4 Å². The molecule has 1 saturated heterocycles. The largest absolute Gasteiger partial charge is 0.378 e. The lowest BCUT2D eigenvalue weighted by Crippen LogP contribution is -2.48. The highest BCUT2D eigenvalue weighted by molar-refractivity contribution is 6.38. The molecule has 210 valence electrons. The first-order chi connectivity index (χ1) is 20.0. The van der Waals surface area contributed by atoms with Gasteiger partial charge < -0.3 is 15.0 Å². The Kier molecular flexibility index (Phi) is 8.77. The van der Waals surface area contributed by atoms with E-state index in [4.69, 9.17) is 4.74 Å². The summed E-state index contributed by atoms with van der Waals surface area (Å²) in [7, 11) is 1.23. The summed E-state index contributed by atoms with van der Waals surface area (Å²) < 4.78 is 6.96. The van der Waals surface area contributed by atoms with Gasteiger partial charge in [-0.3, -0.25) is 19.2 Å². The predicted molar refractivity (Wildman–Crippen MR) is 151 cm³/mol. The number of Topliss-reactive ketones (excluding diaryl/α,β-unsaturated/α-hetero) is 1. The highest BCUT2D eigenvalue weighted by Crippen LogP contribution is 2.24. The molecule has 3 heterocycles. The number of nitrogens with one attached hydrogen (secondary N) is 2. The smallest absolute Gasteiger partial charge is 0.313 e. The Balaban J connectivity index is 1.36. The summed E-state index contributed by atoms with van der Waals surface area (Å²) in [5, 5.41) is 7.37. The van der Waals surface area contributed by atoms with Crippen molar-refractivity contribution >= 4 is 23.3 Å². The van der Waals surface area contributed by atoms with Gasteiger partial charge in [0.2, 0.25) is 5.78 Å². The molecule has 5 rings (SSSR count). The Morgan fingerprint density at radius 1 is 0.976 bits per heavy atom. The van der Waals surface area contributed by atoms with Gasteiger partial charge in [0.15, 0.2) is 5.82 Å². The first-order valence-electron chi connectivity index (χ1n) is 13.2. The van der Waals surface area contributed by atoms with Crippen LogP contribution in [0, 0.1) is 0 Å². The van der Waals surface area contributed by atoms with Crippen LogP contribution in [0.3, 0.4) is 0 Å². The third-order valence-corrected chi connectivity index (χ3v) is 6.70. The summed E-state index contributed by atoms with van der Waals surface area (Å²) in [5.41, 5.74) is 5.75. The van der Waals surface area contributed by atoms with E-state index in [0.717, 1.165) is 29.9 Å². The lowest BCUT2D eigenvalue weighted by molar-refractivity contribution is -0.145. The van der Waals surface area contributed by atoms with E-state index < -0.39 is 23.6 Å². The fraction of sp³-hybridized carbons (Fsp3) is 0.233. The number of morpholine rings is 1. The number of hydroxylamine groups is 1. The molecule has 0 aliphatic carbocycles. The van der Waals surface area contributed by atoms with Gasteiger partial charge in [-0.25, -0.2) is 15.1 Å². The van der Waals surface area contributed by atoms with Crippen molar-refractivity contribution in [2.75, 3.05) is 38.3 Å². The van der Waals surface area contributed by atoms with Crippen LogP contribution in [0.2, 0.25) is 0 Å². The van der Waals surface area contributed by atoms with E-state index in [1.807, 2.05) is 54.0 Å². The highest BCUT2D eigenvalue weighted by atomic mass is 16.6. The van der Waals surface area contributed by atoms with Gasteiger partial charge in [0.1, 0.15) is 6.04 Å². The SMILES string of the molecule is CONC(=O)C(=O)[C@H](Cc1ccccc1)NC(=O)c1cccnc1-n1ccc(-c2ccc(N3CCOCC3)cc2)n1. The fourth-order valence-electron chi connectivity index (χ4n) is 4.61. The van der Waals surface area contributed by atoms with E-state index in [2.05, 4.69) is 37.3 Å². The van der Waals surface area contributed by atoms with Crippen molar-refractivity contribution in [1.82, 2.24) is 25.6 Å². The van der Waals surface area contributed by atoms with E-state index in [0.29, 0.717) is 18.9 Å². The van der Waals surface area contributed by atoms with Gasteiger partial charge in [-0.2, -0.15) is 5.10 Å². The van der Waals surface area contributed by atoms with E-state index in [1.165, 1.54) is 11.8 Å². The van der Waals surface area contributed by atoms with E-state index in [1.54, 1.807) is 24.5 Å². The van der Waals surface area contributed by atoms with Gasteiger partial charge in [0.25, 0.3) is 5.91 Å². The van der Waals surface area contributed by atoms with Crippen LogP contribution in [0.5, 0.6) is 0 Å². The van der Waals surface area contributed by atoms with Gasteiger partial charge >= 0.3 is 5.91 Å². The van der Waals surface area contributed by atoms with Crippen molar-refractivity contribution in [2.45, 2.75) is 12.5 Å². The normalized spacial score (nSPS) is 13.8. The van der Waals surface area contributed by atoms with Crippen molar-refractivity contribution in [3.63, 3.8) is 0 Å². The summed E-state index contributed by atoms with van der Waals surface area (Å²) >= 11 is 0. The fourth-order valence-corrected chi connectivity index (χ4v) is 4.61. The number of rotatable bonds is 10. The molecule has 2 aromatic heterocycles. The molecule has 0 unspecified atom stereocenters. The Bertz CT molecular complexity index is 1500. The molecule has 11 heteroatoms. The third-order valence-electron chi connectivity index (χ3n) is 6.70. The van der Waals surface area contributed by atoms with E-state index >= 15 is 0 Å². The summed E-state index contributed by atoms with van der Waals surface area (Å²) in [5.74, 6) is -2.08. The number of anilines is 1. The highest BCUT2D eigenvalue weighted by Gasteiger charge is 2.29. The molecule has 2 aromatic carbocycles. The number of ketones is 1. The number of amides is 2. The molecular weight excluding hydrogens is 524 g/mol. The topological polar surface area (TPSA) is 128 Å². The minimum Gasteiger partial charge on any atom is -0.378 e. The molecule has 1 fully saturated rings. The second-order valence-electron chi connectivity index (χ2n) is 9.38. The number of carbonyl (C=O) groups excluding carboxylic acids is 3. The van der Waals surface area contributed by atoms with Crippen molar-refractivity contribution in [3.8, 4) is 17.1 Å². The predicted octanol–water partition coefficient (Wildman–Crippen LogP) is 2.36. The average Bonchev–Trinajstić information content (AvgIpc) is 3.52. The van der Waals surface area contributed by atoms with Crippen LogP contribution in [0.4, 0.5) is 5.69 Å². The van der Waals surface area contributed by atoms with Gasteiger partial charge in [-0.15, -0.1) is 0 Å². The quantitative estimate of drug-likeness (QED) is 0.226. The van der Waals surface area contributed by atoms with Crippen LogP contribution < -0.4 is 15.7 Å². The van der Waals surface area contributed by atoms with Gasteiger partial charge in [0.05, 0.1) is 31.6 Å². The Morgan fingerprint density at radius 2 is 1.73 bits per heavy atom. The number of aromatic nitrogens is 3. The Morgan fingerprint density at radius 3 is 2.46 bits per heavy atom. The minimum atomic E-state index is -1.13. The standard InChI is InChI=1S/C30H30N6O5/c1-40-34-30(39)27(37)26(20-21-6-3-2-4-7-21)32-29(38)24-8-5-14-31-28(24)36-15-13-25(33-36)22-9-11-23(12-10-22)35-16-18-41-19-17-35/h2-15,26H,16-20H2,1H3,(H,32,38)(H,34,39)/t26-/m0/s1. The molecule has 1 aliphatic rings. The molecule has 1 aliphatic heterocycles. The zero-order chi connectivity index (χ0) is 28.6. The Labute approximate surface area is 237 Å². The molecule has 11 nitrogen and oxygen atoms in total. The maximum absolute atomic E-state index is 13.5. The molecule has 4 aromatic rings. The van der Waals surface area contributed by atoms with Crippen LogP contribution in [0.1, 0.15) is 15.9 Å². The molecule has 2 amide bonds. The number of pyridine rings is 1. The maximum Gasteiger partial charge on any atom is 0.313 e. The van der Waals surface area contributed by atoms with Crippen molar-refractivity contribution in [1.29, 1.82) is 0 Å².